The predicted octanol–water partition coefficient (Wildman–Crippen LogP) is 2.73. The van der Waals surface area contributed by atoms with Crippen molar-refractivity contribution in [2.75, 3.05) is 26.8 Å². The molecule has 178 valence electrons. The van der Waals surface area contributed by atoms with Crippen molar-refractivity contribution in [2.45, 2.75) is 84.6 Å². The van der Waals surface area contributed by atoms with E-state index < -0.39 is 47.4 Å². The summed E-state index contributed by atoms with van der Waals surface area (Å²) in [6, 6.07) is -1.40. The van der Waals surface area contributed by atoms with Gasteiger partial charge in [0.1, 0.15) is 23.8 Å². The van der Waals surface area contributed by atoms with Crippen molar-refractivity contribution < 1.29 is 38.1 Å². The van der Waals surface area contributed by atoms with Crippen LogP contribution in [0.2, 0.25) is 0 Å². The Morgan fingerprint density at radius 2 is 1.55 bits per heavy atom. The molecule has 0 spiro atoms. The second-order valence-electron chi connectivity index (χ2n) is 9.32. The predicted molar refractivity (Wildman–Crippen MR) is 111 cm³/mol. The van der Waals surface area contributed by atoms with Gasteiger partial charge in [-0.15, -0.1) is 0 Å². The van der Waals surface area contributed by atoms with Crippen LogP contribution in [-0.4, -0.2) is 84.0 Å². The van der Waals surface area contributed by atoms with E-state index in [2.05, 4.69) is 0 Å². The van der Waals surface area contributed by atoms with E-state index in [-0.39, 0.29) is 19.7 Å². The molecule has 1 aliphatic heterocycles. The van der Waals surface area contributed by atoms with Crippen LogP contribution in [0, 0.1) is 0 Å². The zero-order valence-electron chi connectivity index (χ0n) is 19.9. The van der Waals surface area contributed by atoms with E-state index in [0.717, 1.165) is 4.90 Å². The molecule has 0 aromatic rings. The first-order valence-electron chi connectivity index (χ1n) is 10.4. The average Bonchev–Trinajstić information content (AvgIpc) is 3.01. The number of hydrogen-bond donors (Lipinski definition) is 0. The third-order valence-corrected chi connectivity index (χ3v) is 4.27. The van der Waals surface area contributed by atoms with E-state index in [4.69, 9.17) is 18.9 Å². The summed E-state index contributed by atoms with van der Waals surface area (Å²) in [5.41, 5.74) is -1.49. The third-order valence-electron chi connectivity index (χ3n) is 4.27. The molecule has 1 heterocycles. The standard InChI is InChI=1S/C21H36N2O8/c1-9-29-17(25)15-11-10-14(23(15)19(27)31-21(5,6)7)12-22(18(26)28-8)13-16(24)30-20(2,3)4/h14-15H,9-13H2,1-8H3/t14-,15+/m1/s1. The first-order chi connectivity index (χ1) is 14.2. The maximum absolute atomic E-state index is 12.9. The lowest BCUT2D eigenvalue weighted by atomic mass is 10.2. The molecule has 0 radical (unpaired) electrons. The van der Waals surface area contributed by atoms with E-state index in [1.807, 2.05) is 0 Å². The molecule has 1 saturated heterocycles. The maximum Gasteiger partial charge on any atom is 0.411 e. The Morgan fingerprint density at radius 1 is 0.968 bits per heavy atom. The van der Waals surface area contributed by atoms with Gasteiger partial charge in [-0.05, 0) is 61.3 Å². The van der Waals surface area contributed by atoms with Crippen LogP contribution >= 0.6 is 0 Å². The average molecular weight is 445 g/mol. The summed E-state index contributed by atoms with van der Waals surface area (Å²) in [7, 11) is 1.20. The van der Waals surface area contributed by atoms with E-state index in [9.17, 15) is 19.2 Å². The first kappa shape index (κ1) is 26.5. The van der Waals surface area contributed by atoms with Crippen LogP contribution in [0.5, 0.6) is 0 Å². The van der Waals surface area contributed by atoms with Gasteiger partial charge in [-0.2, -0.15) is 0 Å². The number of amides is 2. The van der Waals surface area contributed by atoms with Crippen LogP contribution in [0.15, 0.2) is 0 Å². The van der Waals surface area contributed by atoms with Gasteiger partial charge in [0.05, 0.1) is 19.8 Å². The van der Waals surface area contributed by atoms with Crippen LogP contribution in [0.4, 0.5) is 9.59 Å². The number of methoxy groups -OCH3 is 1. The zero-order chi connectivity index (χ0) is 24.0. The number of carbonyl (C=O) groups is 4. The molecular weight excluding hydrogens is 408 g/mol. The van der Waals surface area contributed by atoms with Crippen molar-refractivity contribution in [2.24, 2.45) is 0 Å². The van der Waals surface area contributed by atoms with Gasteiger partial charge >= 0.3 is 24.1 Å². The molecule has 31 heavy (non-hydrogen) atoms. The van der Waals surface area contributed by atoms with Gasteiger partial charge in [0, 0.05) is 6.54 Å². The first-order valence-corrected chi connectivity index (χ1v) is 10.4. The highest BCUT2D eigenvalue weighted by atomic mass is 16.6. The lowest BCUT2D eigenvalue weighted by molar-refractivity contribution is -0.156. The van der Waals surface area contributed by atoms with Gasteiger partial charge < -0.3 is 18.9 Å². The Hall–Kier alpha value is -2.52. The van der Waals surface area contributed by atoms with Crippen LogP contribution in [-0.2, 0) is 28.5 Å². The van der Waals surface area contributed by atoms with Crippen molar-refractivity contribution in [1.29, 1.82) is 0 Å². The van der Waals surface area contributed by atoms with Crippen molar-refractivity contribution >= 4 is 24.1 Å². The largest absolute Gasteiger partial charge is 0.464 e. The Kier molecular flexibility index (Phi) is 9.13. The monoisotopic (exact) mass is 444 g/mol. The summed E-state index contributed by atoms with van der Waals surface area (Å²) in [5.74, 6) is -1.14. The highest BCUT2D eigenvalue weighted by Crippen LogP contribution is 2.28. The normalized spacial score (nSPS) is 18.9. The SMILES string of the molecule is CCOC(=O)[C@@H]1CC[C@H](CN(CC(=O)OC(C)(C)C)C(=O)OC)N1C(=O)OC(C)(C)C. The summed E-state index contributed by atoms with van der Waals surface area (Å²) in [6.07, 6.45) is -0.654. The summed E-state index contributed by atoms with van der Waals surface area (Å²) < 4.78 is 20.7. The minimum atomic E-state index is -0.833. The van der Waals surface area contributed by atoms with Crippen molar-refractivity contribution in [3.63, 3.8) is 0 Å². The van der Waals surface area contributed by atoms with Gasteiger partial charge in [-0.1, -0.05) is 0 Å². The Bertz CT molecular complexity index is 665. The van der Waals surface area contributed by atoms with E-state index >= 15 is 0 Å². The van der Waals surface area contributed by atoms with Crippen LogP contribution in [0.1, 0.15) is 61.3 Å². The second-order valence-corrected chi connectivity index (χ2v) is 9.32. The Labute approximate surface area is 184 Å². The molecule has 0 aromatic carbocycles. The fourth-order valence-corrected chi connectivity index (χ4v) is 3.24. The molecule has 0 saturated carbocycles. The fraction of sp³-hybridized carbons (Fsp3) is 0.810. The molecule has 2 amide bonds. The summed E-state index contributed by atoms with van der Waals surface area (Å²) in [5, 5.41) is 0. The molecule has 0 bridgehead atoms. The van der Waals surface area contributed by atoms with Crippen LogP contribution in [0.3, 0.4) is 0 Å². The fourth-order valence-electron chi connectivity index (χ4n) is 3.24. The minimum Gasteiger partial charge on any atom is -0.464 e. The maximum atomic E-state index is 12.9. The van der Waals surface area contributed by atoms with Crippen molar-refractivity contribution in [3.05, 3.63) is 0 Å². The van der Waals surface area contributed by atoms with E-state index in [0.29, 0.717) is 12.8 Å². The number of rotatable bonds is 6. The second kappa shape index (κ2) is 10.7. The number of carbonyl (C=O) groups excluding carboxylic acids is 4. The highest BCUT2D eigenvalue weighted by Gasteiger charge is 2.45. The highest BCUT2D eigenvalue weighted by molar-refractivity contribution is 5.83. The van der Waals surface area contributed by atoms with Gasteiger partial charge in [-0.3, -0.25) is 14.6 Å². The quantitative estimate of drug-likeness (QED) is 0.454. The van der Waals surface area contributed by atoms with Gasteiger partial charge in [0.2, 0.25) is 0 Å². The molecule has 10 nitrogen and oxygen atoms in total. The minimum absolute atomic E-state index is 0.0267. The smallest absolute Gasteiger partial charge is 0.411 e. The topological polar surface area (TPSA) is 112 Å². The molecule has 2 atom stereocenters. The molecule has 1 fully saturated rings. The number of nitrogens with zero attached hydrogens (tertiary/aromatic N) is 2. The van der Waals surface area contributed by atoms with E-state index in [1.165, 1.54) is 12.0 Å². The van der Waals surface area contributed by atoms with Crippen LogP contribution in [0.25, 0.3) is 0 Å². The Balaban J connectivity index is 3.08. The lowest BCUT2D eigenvalue weighted by Gasteiger charge is -2.34. The van der Waals surface area contributed by atoms with Crippen molar-refractivity contribution in [1.82, 2.24) is 9.80 Å². The molecule has 10 heteroatoms. The van der Waals surface area contributed by atoms with Gasteiger partial charge in [0.15, 0.2) is 0 Å². The number of esters is 2. The summed E-state index contributed by atoms with van der Waals surface area (Å²) in [6.45, 7) is 11.8. The van der Waals surface area contributed by atoms with Crippen LogP contribution < -0.4 is 0 Å². The number of hydrogen-bond acceptors (Lipinski definition) is 8. The molecule has 0 aromatic heterocycles. The molecular formula is C21H36N2O8. The number of ether oxygens (including phenoxy) is 4. The van der Waals surface area contributed by atoms with E-state index in [1.54, 1.807) is 48.5 Å². The van der Waals surface area contributed by atoms with Gasteiger partial charge in [-0.25, -0.2) is 14.4 Å². The lowest BCUT2D eigenvalue weighted by Crippen LogP contribution is -2.52. The molecule has 1 aliphatic rings. The van der Waals surface area contributed by atoms with Crippen molar-refractivity contribution in [3.8, 4) is 0 Å². The summed E-state index contributed by atoms with van der Waals surface area (Å²) >= 11 is 0. The zero-order valence-corrected chi connectivity index (χ0v) is 19.9. The molecule has 0 aliphatic carbocycles. The number of likely N-dealkylation sites (tertiary alicyclic amines) is 1. The molecule has 0 unspecified atom stereocenters. The molecule has 1 rings (SSSR count). The van der Waals surface area contributed by atoms with Gasteiger partial charge in [0.25, 0.3) is 0 Å². The summed E-state index contributed by atoms with van der Waals surface area (Å²) in [4.78, 5) is 52.3. The molecule has 0 N–H and O–H groups in total. The Morgan fingerprint density at radius 3 is 2.03 bits per heavy atom. The third kappa shape index (κ3) is 8.63.